The normalized spacial score (nSPS) is 13.1. The molecule has 0 N–H and O–H groups in total. The minimum atomic E-state index is 0.674. The molecule has 6 aromatic carbocycles. The van der Waals surface area contributed by atoms with Gasteiger partial charge in [-0.15, -0.1) is 22.7 Å². The second-order valence-corrected chi connectivity index (χ2v) is 14.8. The number of fused-ring (bicyclic) bond motifs is 6. The van der Waals surface area contributed by atoms with E-state index in [9.17, 15) is 0 Å². The first kappa shape index (κ1) is 29.2. The first-order chi connectivity index (χ1) is 24.8. The Morgan fingerprint density at radius 3 is 2.00 bits per heavy atom. The molecule has 0 spiro atoms. The van der Waals surface area contributed by atoms with E-state index in [-0.39, 0.29) is 0 Å². The molecule has 3 nitrogen and oxygen atoms in total. The summed E-state index contributed by atoms with van der Waals surface area (Å²) in [5.74, 6) is 2.05. The molecule has 0 unspecified atom stereocenters. The Hall–Kier alpha value is -5.75. The molecule has 0 radical (unpaired) electrons. The maximum Gasteiger partial charge on any atom is 0.164 e. The zero-order valence-electron chi connectivity index (χ0n) is 27.0. The average Bonchev–Trinajstić information content (AvgIpc) is 3.77. The summed E-state index contributed by atoms with van der Waals surface area (Å²) in [5.41, 5.74) is 7.70. The van der Waals surface area contributed by atoms with Crippen LogP contribution >= 0.6 is 22.7 Å². The van der Waals surface area contributed by atoms with Gasteiger partial charge in [0.15, 0.2) is 17.5 Å². The first-order valence-electron chi connectivity index (χ1n) is 16.9. The minimum absolute atomic E-state index is 0.674. The molecule has 0 atom stereocenters. The smallest absolute Gasteiger partial charge is 0.164 e. The molecule has 0 amide bonds. The van der Waals surface area contributed by atoms with E-state index in [2.05, 4.69) is 133 Å². The highest BCUT2D eigenvalue weighted by Crippen LogP contribution is 2.45. The summed E-state index contributed by atoms with van der Waals surface area (Å²) in [7, 11) is 0. The Labute approximate surface area is 297 Å². The number of aromatic nitrogens is 3. The number of nitrogens with zero attached hydrogens (tertiary/aromatic N) is 3. The fourth-order valence-electron chi connectivity index (χ4n) is 7.23. The van der Waals surface area contributed by atoms with Crippen LogP contribution in [0.3, 0.4) is 0 Å². The van der Waals surface area contributed by atoms with Crippen molar-refractivity contribution in [3.63, 3.8) is 0 Å². The van der Waals surface area contributed by atoms with Gasteiger partial charge in [-0.1, -0.05) is 121 Å². The van der Waals surface area contributed by atoms with Crippen LogP contribution in [0.25, 0.3) is 90.9 Å². The molecule has 10 rings (SSSR count). The van der Waals surface area contributed by atoms with E-state index in [1.165, 1.54) is 57.0 Å². The summed E-state index contributed by atoms with van der Waals surface area (Å²) in [6, 6.07) is 47.9. The van der Waals surface area contributed by atoms with E-state index in [1.807, 2.05) is 40.9 Å². The van der Waals surface area contributed by atoms with Crippen LogP contribution in [0.1, 0.15) is 18.7 Å². The number of thiophene rings is 2. The number of benzene rings is 6. The van der Waals surface area contributed by atoms with Crippen LogP contribution in [0.2, 0.25) is 0 Å². The predicted molar refractivity (Wildman–Crippen MR) is 214 cm³/mol. The zero-order valence-corrected chi connectivity index (χ0v) is 28.6. The Morgan fingerprint density at radius 2 is 1.14 bits per heavy atom. The first-order valence-corrected chi connectivity index (χ1v) is 18.6. The van der Waals surface area contributed by atoms with Crippen molar-refractivity contribution in [1.29, 1.82) is 0 Å². The van der Waals surface area contributed by atoms with E-state index in [1.54, 1.807) is 0 Å². The Balaban J connectivity index is 1.26. The molecule has 3 heterocycles. The van der Waals surface area contributed by atoms with Crippen LogP contribution in [0.4, 0.5) is 0 Å². The van der Waals surface area contributed by atoms with Crippen molar-refractivity contribution in [3.05, 3.63) is 158 Å². The standard InChI is InChI=1S/C45H29N3S2/c1-3-13-28(14-4-1)43-46-44(29-15-5-2-6-16-29)48-45(47-43)35-26-25-30(31-19-12-24-40-41(31)36-18-8-10-23-39(36)49-40)27-37(35)34-21-11-20-33-32-17-7-9-22-38(32)50-42(33)34/h1,3-5,7-27H,2,6H2. The van der Waals surface area contributed by atoms with Crippen molar-refractivity contribution in [3.8, 4) is 45.0 Å². The second-order valence-electron chi connectivity index (χ2n) is 12.6. The number of allylic oxidation sites excluding steroid dienone is 4. The summed E-state index contributed by atoms with van der Waals surface area (Å²) in [6.45, 7) is 0. The highest BCUT2D eigenvalue weighted by molar-refractivity contribution is 7.26. The molecule has 0 saturated heterocycles. The molecule has 1 aliphatic carbocycles. The largest absolute Gasteiger partial charge is 0.208 e. The lowest BCUT2D eigenvalue weighted by atomic mass is 9.91. The number of hydrogen-bond donors (Lipinski definition) is 0. The van der Waals surface area contributed by atoms with Crippen molar-refractivity contribution in [2.45, 2.75) is 12.8 Å². The quantitative estimate of drug-likeness (QED) is 0.182. The van der Waals surface area contributed by atoms with E-state index < -0.39 is 0 Å². The van der Waals surface area contributed by atoms with Crippen LogP contribution in [0.15, 0.2) is 152 Å². The molecule has 0 fully saturated rings. The van der Waals surface area contributed by atoms with Gasteiger partial charge in [0.2, 0.25) is 0 Å². The third-order valence-corrected chi connectivity index (χ3v) is 11.9. The third kappa shape index (κ3) is 4.89. The predicted octanol–water partition coefficient (Wildman–Crippen LogP) is 13.0. The fraction of sp³-hybridized carbons (Fsp3) is 0.0444. The molecule has 0 saturated carbocycles. The Bertz CT molecular complexity index is 2820. The fourth-order valence-corrected chi connectivity index (χ4v) is 9.59. The van der Waals surface area contributed by atoms with Gasteiger partial charge in [-0.25, -0.2) is 15.0 Å². The molecule has 1 aliphatic rings. The lowest BCUT2D eigenvalue weighted by molar-refractivity contribution is 1.01. The summed E-state index contributed by atoms with van der Waals surface area (Å²) in [6.07, 6.45) is 8.60. The van der Waals surface area contributed by atoms with Crippen molar-refractivity contribution >= 4 is 68.6 Å². The van der Waals surface area contributed by atoms with Crippen molar-refractivity contribution in [1.82, 2.24) is 15.0 Å². The van der Waals surface area contributed by atoms with Crippen LogP contribution in [0.5, 0.6) is 0 Å². The SMILES string of the molecule is C1=CC(c2nc(-c3ccccc3)nc(-c3ccc(-c4cccc5sc6ccccc6c45)cc3-c3cccc4c3sc3ccccc34)n2)=CCC1. The molecule has 50 heavy (non-hydrogen) atoms. The van der Waals surface area contributed by atoms with Gasteiger partial charge >= 0.3 is 0 Å². The molecule has 9 aromatic rings. The monoisotopic (exact) mass is 675 g/mol. The maximum atomic E-state index is 5.21. The Kier molecular flexibility index (Phi) is 7.00. The van der Waals surface area contributed by atoms with Gasteiger partial charge < -0.3 is 0 Å². The van der Waals surface area contributed by atoms with Crippen LogP contribution < -0.4 is 0 Å². The van der Waals surface area contributed by atoms with Crippen molar-refractivity contribution < 1.29 is 0 Å². The highest BCUT2D eigenvalue weighted by atomic mass is 32.1. The lowest BCUT2D eigenvalue weighted by Gasteiger charge is -2.15. The minimum Gasteiger partial charge on any atom is -0.208 e. The van der Waals surface area contributed by atoms with Crippen LogP contribution in [-0.4, -0.2) is 15.0 Å². The summed E-state index contributed by atoms with van der Waals surface area (Å²) in [4.78, 5) is 15.4. The van der Waals surface area contributed by atoms with Gasteiger partial charge in [-0.05, 0) is 59.9 Å². The van der Waals surface area contributed by atoms with E-state index in [0.717, 1.165) is 35.1 Å². The lowest BCUT2D eigenvalue weighted by Crippen LogP contribution is -2.04. The van der Waals surface area contributed by atoms with Gasteiger partial charge in [0.1, 0.15) is 0 Å². The molecule has 236 valence electrons. The summed E-state index contributed by atoms with van der Waals surface area (Å²) < 4.78 is 5.15. The van der Waals surface area contributed by atoms with Crippen molar-refractivity contribution in [2.75, 3.05) is 0 Å². The highest BCUT2D eigenvalue weighted by Gasteiger charge is 2.21. The van der Waals surface area contributed by atoms with Gasteiger partial charge in [0.05, 0.1) is 0 Å². The maximum absolute atomic E-state index is 5.21. The Morgan fingerprint density at radius 1 is 0.440 bits per heavy atom. The molecular weight excluding hydrogens is 647 g/mol. The van der Waals surface area contributed by atoms with Gasteiger partial charge in [-0.2, -0.15) is 0 Å². The molecular formula is C45H29N3S2. The van der Waals surface area contributed by atoms with Crippen molar-refractivity contribution in [2.24, 2.45) is 0 Å². The number of rotatable bonds is 5. The zero-order chi connectivity index (χ0) is 33.0. The number of hydrogen-bond acceptors (Lipinski definition) is 5. The molecule has 3 aromatic heterocycles. The van der Waals surface area contributed by atoms with Gasteiger partial charge in [0, 0.05) is 62.6 Å². The van der Waals surface area contributed by atoms with Crippen LogP contribution in [-0.2, 0) is 0 Å². The summed E-state index contributed by atoms with van der Waals surface area (Å²) in [5, 5.41) is 5.15. The molecule has 0 aliphatic heterocycles. The van der Waals surface area contributed by atoms with E-state index in [0.29, 0.717) is 17.5 Å². The summed E-state index contributed by atoms with van der Waals surface area (Å²) >= 11 is 3.70. The molecule has 0 bridgehead atoms. The average molecular weight is 676 g/mol. The van der Waals surface area contributed by atoms with Gasteiger partial charge in [0.25, 0.3) is 0 Å². The third-order valence-electron chi connectivity index (χ3n) is 9.59. The van der Waals surface area contributed by atoms with E-state index in [4.69, 9.17) is 15.0 Å². The van der Waals surface area contributed by atoms with Crippen LogP contribution in [0, 0.1) is 0 Å². The van der Waals surface area contributed by atoms with E-state index >= 15 is 0 Å². The van der Waals surface area contributed by atoms with Gasteiger partial charge in [-0.3, -0.25) is 0 Å². The topological polar surface area (TPSA) is 38.7 Å². The molecule has 5 heteroatoms. The second kappa shape index (κ2) is 12.0.